The molecule has 0 heterocycles. The summed E-state index contributed by atoms with van der Waals surface area (Å²) in [6.45, 7) is 5.62. The van der Waals surface area contributed by atoms with Gasteiger partial charge in [0, 0.05) is 43.0 Å². The van der Waals surface area contributed by atoms with Crippen LogP contribution in [0.4, 0.5) is 17.1 Å². The summed E-state index contributed by atoms with van der Waals surface area (Å²) >= 11 is 0. The van der Waals surface area contributed by atoms with Crippen molar-refractivity contribution in [2.24, 2.45) is 5.41 Å². The molecule has 0 aliphatic carbocycles. The van der Waals surface area contributed by atoms with E-state index in [0.717, 1.165) is 11.3 Å². The number of carbonyl (C=O) groups excluding carboxylic acids is 3. The molecule has 0 fully saturated rings. The van der Waals surface area contributed by atoms with Crippen LogP contribution < -0.4 is 16.0 Å². The lowest BCUT2D eigenvalue weighted by atomic mass is 9.95. The van der Waals surface area contributed by atoms with Crippen LogP contribution >= 0.6 is 0 Å². The first-order valence-corrected chi connectivity index (χ1v) is 10.3. The van der Waals surface area contributed by atoms with Crippen LogP contribution in [0.5, 0.6) is 0 Å². The van der Waals surface area contributed by atoms with Gasteiger partial charge in [-0.05, 0) is 42.3 Å². The van der Waals surface area contributed by atoms with Crippen molar-refractivity contribution in [2.75, 3.05) is 36.6 Å². The predicted molar refractivity (Wildman–Crippen MR) is 125 cm³/mol. The van der Waals surface area contributed by atoms with Crippen LogP contribution in [0.15, 0.2) is 48.5 Å². The number of aryl methyl sites for hydroxylation is 1. The van der Waals surface area contributed by atoms with E-state index in [2.05, 4.69) is 16.0 Å². The topological polar surface area (TPSA) is 90.5 Å². The van der Waals surface area contributed by atoms with Gasteiger partial charge >= 0.3 is 0 Å². The van der Waals surface area contributed by atoms with Gasteiger partial charge in [-0.3, -0.25) is 14.4 Å². The second kappa shape index (κ2) is 10.6. The molecule has 2 aromatic rings. The highest BCUT2D eigenvalue weighted by Crippen LogP contribution is 2.20. The number of nitrogens with one attached hydrogen (secondary N) is 3. The maximum atomic E-state index is 12.3. The molecule has 0 aliphatic heterocycles. The van der Waals surface area contributed by atoms with Crippen molar-refractivity contribution in [1.82, 2.24) is 4.90 Å². The molecule has 0 unspecified atom stereocenters. The number of carbonyl (C=O) groups is 3. The Labute approximate surface area is 184 Å². The van der Waals surface area contributed by atoms with Crippen LogP contribution in [0.1, 0.15) is 32.8 Å². The highest BCUT2D eigenvalue weighted by molar-refractivity contribution is 5.97. The molecule has 0 spiro atoms. The van der Waals surface area contributed by atoms with Gasteiger partial charge in [0.2, 0.25) is 17.7 Å². The number of rotatable bonds is 8. The standard InChI is InChI=1S/C24H32N4O3/c1-24(2,3)23(31)27-20-11-7-10-19(15-20)26-21(29)16-25-18-9-6-8-17(14-18)12-13-22(30)28(4)5/h6-11,14-15,25H,12-13,16H2,1-5H3,(H,26,29)(H,27,31). The van der Waals surface area contributed by atoms with Gasteiger partial charge in [0.05, 0.1) is 6.54 Å². The summed E-state index contributed by atoms with van der Waals surface area (Å²) in [6, 6.07) is 14.7. The zero-order chi connectivity index (χ0) is 23.0. The summed E-state index contributed by atoms with van der Waals surface area (Å²) in [5, 5.41) is 8.79. The second-order valence-electron chi connectivity index (χ2n) is 8.68. The third-order valence-electron chi connectivity index (χ3n) is 4.59. The van der Waals surface area contributed by atoms with Gasteiger partial charge in [-0.25, -0.2) is 0 Å². The monoisotopic (exact) mass is 424 g/mol. The maximum Gasteiger partial charge on any atom is 0.243 e. The molecule has 7 nitrogen and oxygen atoms in total. The first kappa shape index (κ1) is 23.9. The summed E-state index contributed by atoms with van der Waals surface area (Å²) in [5.74, 6) is -0.212. The van der Waals surface area contributed by atoms with Crippen molar-refractivity contribution in [1.29, 1.82) is 0 Å². The van der Waals surface area contributed by atoms with E-state index in [-0.39, 0.29) is 24.3 Å². The number of nitrogens with zero attached hydrogens (tertiary/aromatic N) is 1. The van der Waals surface area contributed by atoms with Crippen LogP contribution in [0.2, 0.25) is 0 Å². The Morgan fingerprint density at radius 1 is 0.871 bits per heavy atom. The van der Waals surface area contributed by atoms with Gasteiger partial charge in [0.1, 0.15) is 0 Å². The van der Waals surface area contributed by atoms with E-state index < -0.39 is 5.41 Å². The predicted octanol–water partition coefficient (Wildman–Crippen LogP) is 3.74. The summed E-state index contributed by atoms with van der Waals surface area (Å²) < 4.78 is 0. The van der Waals surface area contributed by atoms with E-state index >= 15 is 0 Å². The zero-order valence-electron chi connectivity index (χ0n) is 18.9. The molecule has 0 atom stereocenters. The number of anilines is 3. The van der Waals surface area contributed by atoms with Crippen molar-refractivity contribution in [3.63, 3.8) is 0 Å². The van der Waals surface area contributed by atoms with E-state index in [0.29, 0.717) is 24.2 Å². The third kappa shape index (κ3) is 8.12. The minimum atomic E-state index is -0.503. The van der Waals surface area contributed by atoms with E-state index in [1.54, 1.807) is 43.3 Å². The van der Waals surface area contributed by atoms with Crippen molar-refractivity contribution < 1.29 is 14.4 Å². The largest absolute Gasteiger partial charge is 0.376 e. The zero-order valence-corrected chi connectivity index (χ0v) is 18.9. The molecule has 2 rings (SSSR count). The van der Waals surface area contributed by atoms with Crippen LogP contribution in [0.3, 0.4) is 0 Å². The van der Waals surface area contributed by atoms with E-state index in [9.17, 15) is 14.4 Å². The lowest BCUT2D eigenvalue weighted by Crippen LogP contribution is -2.27. The van der Waals surface area contributed by atoms with Crippen LogP contribution in [-0.2, 0) is 20.8 Å². The summed E-state index contributed by atoms with van der Waals surface area (Å²) in [5.41, 5.74) is 2.58. The Kier molecular flexibility index (Phi) is 8.19. The Morgan fingerprint density at radius 2 is 1.48 bits per heavy atom. The number of amides is 3. The maximum absolute atomic E-state index is 12.3. The van der Waals surface area contributed by atoms with Gasteiger partial charge in [-0.1, -0.05) is 39.0 Å². The van der Waals surface area contributed by atoms with Crippen molar-refractivity contribution >= 4 is 34.8 Å². The lowest BCUT2D eigenvalue weighted by molar-refractivity contribution is -0.128. The van der Waals surface area contributed by atoms with Crippen molar-refractivity contribution in [3.05, 3.63) is 54.1 Å². The molecule has 7 heteroatoms. The Morgan fingerprint density at radius 3 is 2.13 bits per heavy atom. The highest BCUT2D eigenvalue weighted by atomic mass is 16.2. The second-order valence-corrected chi connectivity index (χ2v) is 8.68. The highest BCUT2D eigenvalue weighted by Gasteiger charge is 2.21. The average molecular weight is 425 g/mol. The number of hydrogen-bond donors (Lipinski definition) is 3. The summed E-state index contributed by atoms with van der Waals surface area (Å²) in [7, 11) is 3.49. The molecule has 3 amide bonds. The van der Waals surface area contributed by atoms with E-state index in [4.69, 9.17) is 0 Å². The molecule has 0 aromatic heterocycles. The molecule has 0 radical (unpaired) electrons. The Hall–Kier alpha value is -3.35. The number of hydrogen-bond acceptors (Lipinski definition) is 4. The minimum Gasteiger partial charge on any atom is -0.376 e. The third-order valence-corrected chi connectivity index (χ3v) is 4.59. The van der Waals surface area contributed by atoms with Gasteiger partial charge in [-0.2, -0.15) is 0 Å². The molecule has 0 aliphatic rings. The van der Waals surface area contributed by atoms with E-state index in [1.807, 2.05) is 45.0 Å². The number of benzene rings is 2. The molecule has 2 aromatic carbocycles. The summed E-state index contributed by atoms with van der Waals surface area (Å²) in [4.78, 5) is 37.8. The molecule has 166 valence electrons. The molecule has 0 saturated carbocycles. The quantitative estimate of drug-likeness (QED) is 0.602. The molecular weight excluding hydrogens is 392 g/mol. The van der Waals surface area contributed by atoms with Gasteiger partial charge < -0.3 is 20.9 Å². The molecule has 31 heavy (non-hydrogen) atoms. The molecule has 3 N–H and O–H groups in total. The van der Waals surface area contributed by atoms with Crippen LogP contribution in [0.25, 0.3) is 0 Å². The fourth-order valence-corrected chi connectivity index (χ4v) is 2.69. The van der Waals surface area contributed by atoms with Gasteiger partial charge in [0.15, 0.2) is 0 Å². The Bertz CT molecular complexity index is 932. The van der Waals surface area contributed by atoms with Crippen LogP contribution in [-0.4, -0.2) is 43.3 Å². The fraction of sp³-hybridized carbons (Fsp3) is 0.375. The first-order chi connectivity index (χ1) is 14.5. The summed E-state index contributed by atoms with van der Waals surface area (Å²) in [6.07, 6.45) is 1.09. The molecular formula is C24H32N4O3. The van der Waals surface area contributed by atoms with Crippen LogP contribution in [0, 0.1) is 5.41 Å². The fourth-order valence-electron chi connectivity index (χ4n) is 2.69. The van der Waals surface area contributed by atoms with E-state index in [1.165, 1.54) is 0 Å². The van der Waals surface area contributed by atoms with Gasteiger partial charge in [0.25, 0.3) is 0 Å². The van der Waals surface area contributed by atoms with Crippen molar-refractivity contribution in [2.45, 2.75) is 33.6 Å². The first-order valence-electron chi connectivity index (χ1n) is 10.3. The smallest absolute Gasteiger partial charge is 0.243 e. The van der Waals surface area contributed by atoms with Crippen molar-refractivity contribution in [3.8, 4) is 0 Å². The Balaban J connectivity index is 1.88. The average Bonchev–Trinajstić information content (AvgIpc) is 2.70. The molecule has 0 bridgehead atoms. The lowest BCUT2D eigenvalue weighted by Gasteiger charge is -2.18. The minimum absolute atomic E-state index is 0.0821. The SMILES string of the molecule is CN(C)C(=O)CCc1cccc(NCC(=O)Nc2cccc(NC(=O)C(C)(C)C)c2)c1. The van der Waals surface area contributed by atoms with Gasteiger partial charge in [-0.15, -0.1) is 0 Å². The molecule has 0 saturated heterocycles. The normalized spacial score (nSPS) is 10.9.